The van der Waals surface area contributed by atoms with Crippen LogP contribution in [-0.2, 0) is 33.6 Å². The topological polar surface area (TPSA) is 362 Å². The number of aliphatic carboxylic acids is 7. The smallest absolute Gasteiger partial charge is 0.336 e. The Labute approximate surface area is 180 Å². The van der Waals surface area contributed by atoms with Crippen molar-refractivity contribution in [3.63, 3.8) is 0 Å². The molecule has 19 nitrogen and oxygen atoms in total. The minimum Gasteiger partial charge on any atom is -0.481 e. The lowest BCUT2D eigenvalue weighted by molar-refractivity contribution is -0.170. The van der Waals surface area contributed by atoms with Crippen molar-refractivity contribution in [2.45, 2.75) is 42.9 Å². The molecular weight excluding hydrogens is 472 g/mol. The van der Waals surface area contributed by atoms with E-state index in [-0.39, 0.29) is 0 Å². The molecule has 12 N–H and O–H groups in total. The van der Waals surface area contributed by atoms with E-state index in [0.717, 1.165) is 0 Å². The highest BCUT2D eigenvalue weighted by atomic mass is 16.4. The Bertz CT molecular complexity index is 653. The largest absolute Gasteiger partial charge is 0.481 e. The second-order valence-electron chi connectivity index (χ2n) is 5.61. The third-order valence-corrected chi connectivity index (χ3v) is 2.90. The van der Waals surface area contributed by atoms with Crippen LogP contribution in [0.1, 0.15) is 12.8 Å². The summed E-state index contributed by atoms with van der Waals surface area (Å²) >= 11 is 0. The van der Waals surface area contributed by atoms with Crippen molar-refractivity contribution in [1.29, 1.82) is 0 Å². The Morgan fingerprint density at radius 3 is 0.758 bits per heavy atom. The molecular formula is C14H20O19. The van der Waals surface area contributed by atoms with Gasteiger partial charge in [0.05, 0.1) is 12.8 Å². The lowest BCUT2D eigenvalue weighted by atomic mass is 9.96. The van der Waals surface area contributed by atoms with Crippen LogP contribution in [0.15, 0.2) is 0 Å². The normalized spacial score (nSPS) is 13.8. The van der Waals surface area contributed by atoms with E-state index in [1.165, 1.54) is 0 Å². The summed E-state index contributed by atoms with van der Waals surface area (Å²) < 4.78 is 0. The van der Waals surface area contributed by atoms with Crippen LogP contribution in [0, 0.1) is 0 Å². The predicted molar refractivity (Wildman–Crippen MR) is 91.7 cm³/mol. The van der Waals surface area contributed by atoms with Gasteiger partial charge in [0.25, 0.3) is 0 Å². The molecule has 0 fully saturated rings. The van der Waals surface area contributed by atoms with E-state index in [4.69, 9.17) is 61.3 Å². The van der Waals surface area contributed by atoms with Crippen LogP contribution >= 0.6 is 0 Å². The van der Waals surface area contributed by atoms with Crippen LogP contribution in [0.5, 0.6) is 0 Å². The highest BCUT2D eigenvalue weighted by molar-refractivity contribution is 5.88. The van der Waals surface area contributed by atoms with Gasteiger partial charge in [-0.15, -0.1) is 0 Å². The summed E-state index contributed by atoms with van der Waals surface area (Å²) in [4.78, 5) is 69.6. The van der Waals surface area contributed by atoms with Gasteiger partial charge in [-0.1, -0.05) is 0 Å². The summed E-state index contributed by atoms with van der Waals surface area (Å²) in [5.74, 6) is -12.1. The Morgan fingerprint density at radius 1 is 0.485 bits per heavy atom. The zero-order valence-electron chi connectivity index (χ0n) is 15.9. The first kappa shape index (κ1) is 33.7. The number of carboxylic acid groups (broad SMARTS) is 7. The van der Waals surface area contributed by atoms with Crippen LogP contribution in [0.2, 0.25) is 0 Å². The first-order chi connectivity index (χ1) is 14.7. The van der Waals surface area contributed by atoms with Crippen molar-refractivity contribution >= 4 is 41.8 Å². The van der Waals surface area contributed by atoms with E-state index in [0.29, 0.717) is 0 Å². The summed E-state index contributed by atoms with van der Waals surface area (Å²) in [6.07, 6.45) is -11.4. The van der Waals surface area contributed by atoms with Gasteiger partial charge in [-0.25, -0.2) is 24.0 Å². The molecule has 0 aromatic carbocycles. The van der Waals surface area contributed by atoms with Crippen molar-refractivity contribution < 1.29 is 94.8 Å². The number of carbonyl (C=O) groups is 7. The molecule has 190 valence electrons. The monoisotopic (exact) mass is 492 g/mol. The SMILES string of the molecule is O=C(O)CC(O)(CC(=O)O)C(=O)O.O=C(O)[C@@H](O)[C@H](O)C(=O)O.O=C(O)[C@H](O)[C@@H](O)C(=O)O. The lowest BCUT2D eigenvalue weighted by Gasteiger charge is -2.18. The molecule has 0 aliphatic rings. The van der Waals surface area contributed by atoms with Crippen molar-refractivity contribution in [2.24, 2.45) is 0 Å². The number of aliphatic hydroxyl groups excluding tert-OH is 4. The molecule has 0 radical (unpaired) electrons. The maximum atomic E-state index is 10.3. The van der Waals surface area contributed by atoms with Gasteiger partial charge >= 0.3 is 41.8 Å². The summed E-state index contributed by atoms with van der Waals surface area (Å²) in [6.45, 7) is 0. The van der Waals surface area contributed by atoms with E-state index in [9.17, 15) is 33.6 Å². The van der Waals surface area contributed by atoms with Crippen molar-refractivity contribution in [3.05, 3.63) is 0 Å². The predicted octanol–water partition coefficient (Wildman–Crippen LogP) is -5.49. The first-order valence-electron chi connectivity index (χ1n) is 7.74. The molecule has 0 aliphatic heterocycles. The molecule has 0 aromatic rings. The Kier molecular flexibility index (Phi) is 15.3. The van der Waals surface area contributed by atoms with Gasteiger partial charge in [-0.2, -0.15) is 0 Å². The molecule has 4 atom stereocenters. The Hall–Kier alpha value is -3.91. The minimum absolute atomic E-state index is 1.14. The number of hydrogen-bond acceptors (Lipinski definition) is 12. The van der Waals surface area contributed by atoms with Crippen LogP contribution in [-0.4, -0.2) is 133 Å². The van der Waals surface area contributed by atoms with Crippen LogP contribution in [0.4, 0.5) is 0 Å². The molecule has 0 heterocycles. The second-order valence-corrected chi connectivity index (χ2v) is 5.61. The fourth-order valence-corrected chi connectivity index (χ4v) is 1.25. The van der Waals surface area contributed by atoms with Crippen LogP contribution in [0.3, 0.4) is 0 Å². The molecule has 0 aromatic heterocycles. The van der Waals surface area contributed by atoms with Crippen LogP contribution in [0.25, 0.3) is 0 Å². The first-order valence-corrected chi connectivity index (χ1v) is 7.74. The molecule has 0 amide bonds. The second kappa shape index (κ2) is 15.0. The van der Waals surface area contributed by atoms with E-state index in [1.807, 2.05) is 0 Å². The third-order valence-electron chi connectivity index (χ3n) is 2.90. The number of hydrogen-bond donors (Lipinski definition) is 12. The third kappa shape index (κ3) is 14.7. The average molecular weight is 492 g/mol. The quantitative estimate of drug-likeness (QED) is 0.128. The summed E-state index contributed by atoms with van der Waals surface area (Å²) in [5, 5.41) is 98.9. The fourth-order valence-electron chi connectivity index (χ4n) is 1.25. The van der Waals surface area contributed by atoms with E-state index >= 15 is 0 Å². The standard InChI is InChI=1S/C6H8O7.2C4H6O6/c7-3(8)1-6(13,5(11)12)2-4(9)10;2*5-1(3(7)8)2(6)4(9)10/h13H,1-2H2,(H,7,8)(H,9,10)(H,11,12);2*1-2,5-6H,(H,7,8)(H,9,10)/t;2*1-,2-/m.10/s1. The van der Waals surface area contributed by atoms with Crippen molar-refractivity contribution in [2.75, 3.05) is 0 Å². The fraction of sp³-hybridized carbons (Fsp3) is 0.500. The highest BCUT2D eigenvalue weighted by Gasteiger charge is 2.40. The Morgan fingerprint density at radius 2 is 0.667 bits per heavy atom. The van der Waals surface area contributed by atoms with Gasteiger partial charge in [0.15, 0.2) is 30.0 Å². The maximum absolute atomic E-state index is 10.3. The summed E-state index contributed by atoms with van der Waals surface area (Å²) in [7, 11) is 0. The van der Waals surface area contributed by atoms with E-state index < -0.39 is 84.6 Å². The van der Waals surface area contributed by atoms with Gasteiger partial charge in [0, 0.05) is 0 Å². The Balaban J connectivity index is -0.000000415. The number of rotatable bonds is 11. The summed E-state index contributed by atoms with van der Waals surface area (Å²) in [6, 6.07) is 0. The zero-order chi connectivity index (χ0) is 27.3. The van der Waals surface area contributed by atoms with Crippen molar-refractivity contribution in [1.82, 2.24) is 0 Å². The molecule has 0 saturated heterocycles. The van der Waals surface area contributed by atoms with Gasteiger partial charge in [0.2, 0.25) is 0 Å². The average Bonchev–Trinajstić information content (AvgIpc) is 2.64. The van der Waals surface area contributed by atoms with Crippen molar-refractivity contribution in [3.8, 4) is 0 Å². The van der Waals surface area contributed by atoms with Gasteiger partial charge in [-0.3, -0.25) is 9.59 Å². The van der Waals surface area contributed by atoms with Gasteiger partial charge < -0.3 is 61.3 Å². The molecule has 0 unspecified atom stereocenters. The highest BCUT2D eigenvalue weighted by Crippen LogP contribution is 2.15. The van der Waals surface area contributed by atoms with E-state index in [2.05, 4.69) is 0 Å². The van der Waals surface area contributed by atoms with Crippen LogP contribution < -0.4 is 0 Å². The molecule has 0 saturated carbocycles. The maximum Gasteiger partial charge on any atom is 0.336 e. The molecule has 33 heavy (non-hydrogen) atoms. The van der Waals surface area contributed by atoms with Gasteiger partial charge in [-0.05, 0) is 0 Å². The number of carboxylic acids is 7. The molecule has 0 spiro atoms. The zero-order valence-corrected chi connectivity index (χ0v) is 15.9. The minimum atomic E-state index is -2.74. The van der Waals surface area contributed by atoms with E-state index in [1.54, 1.807) is 0 Å². The molecule has 0 bridgehead atoms. The number of aliphatic hydroxyl groups is 5. The molecule has 0 aliphatic carbocycles. The molecule has 0 rings (SSSR count). The molecule has 19 heteroatoms. The summed E-state index contributed by atoms with van der Waals surface area (Å²) in [5.41, 5.74) is -2.74. The lowest BCUT2D eigenvalue weighted by Crippen LogP contribution is -2.42. The van der Waals surface area contributed by atoms with Gasteiger partial charge in [0.1, 0.15) is 0 Å².